The third-order valence-corrected chi connectivity index (χ3v) is 5.35. The van der Waals surface area contributed by atoms with Gasteiger partial charge in [-0.1, -0.05) is 59.8 Å². The highest BCUT2D eigenvalue weighted by atomic mass is 16.5. The van der Waals surface area contributed by atoms with Crippen molar-refractivity contribution in [2.75, 3.05) is 13.1 Å². The maximum atomic E-state index is 12.9. The first-order valence-electron chi connectivity index (χ1n) is 10.1. The molecule has 1 amide bonds. The SMILES string of the molecule is Cc1ccccc1Cn1cc(C(=O)N2CCC[C@H](OCc3ccccc3)C2)nn1. The van der Waals surface area contributed by atoms with E-state index < -0.39 is 0 Å². The Kier molecular flexibility index (Phi) is 6.00. The molecule has 1 fully saturated rings. The standard InChI is InChI=1S/C23H26N4O2/c1-18-8-5-6-11-20(18)14-27-16-22(24-25-27)23(28)26-13-7-12-21(15-26)29-17-19-9-3-2-4-10-19/h2-6,8-11,16,21H,7,12-15,17H2,1H3/t21-/m0/s1. The van der Waals surface area contributed by atoms with E-state index in [0.29, 0.717) is 25.4 Å². The molecule has 0 saturated carbocycles. The minimum Gasteiger partial charge on any atom is -0.372 e. The number of benzene rings is 2. The van der Waals surface area contributed by atoms with Gasteiger partial charge in [0, 0.05) is 13.1 Å². The van der Waals surface area contributed by atoms with Crippen LogP contribution in [0.15, 0.2) is 60.8 Å². The van der Waals surface area contributed by atoms with Crippen molar-refractivity contribution in [3.05, 3.63) is 83.2 Å². The Morgan fingerprint density at radius 1 is 1.14 bits per heavy atom. The third kappa shape index (κ3) is 4.90. The van der Waals surface area contributed by atoms with E-state index in [-0.39, 0.29) is 12.0 Å². The Bertz CT molecular complexity index is 954. The molecule has 3 aromatic rings. The van der Waals surface area contributed by atoms with Crippen LogP contribution in [-0.4, -0.2) is 45.0 Å². The molecule has 6 nitrogen and oxygen atoms in total. The van der Waals surface area contributed by atoms with Crippen molar-refractivity contribution in [2.45, 2.75) is 39.0 Å². The molecule has 1 atom stereocenters. The second-order valence-electron chi connectivity index (χ2n) is 7.54. The average molecular weight is 390 g/mol. The molecule has 1 saturated heterocycles. The number of amides is 1. The van der Waals surface area contributed by atoms with Crippen LogP contribution in [0, 0.1) is 6.92 Å². The molecule has 0 radical (unpaired) electrons. The van der Waals surface area contributed by atoms with E-state index in [1.807, 2.05) is 35.2 Å². The van der Waals surface area contributed by atoms with Gasteiger partial charge in [-0.05, 0) is 36.5 Å². The van der Waals surface area contributed by atoms with E-state index in [1.54, 1.807) is 10.9 Å². The maximum Gasteiger partial charge on any atom is 0.276 e. The van der Waals surface area contributed by atoms with Crippen molar-refractivity contribution in [2.24, 2.45) is 0 Å². The lowest BCUT2D eigenvalue weighted by Crippen LogP contribution is -2.43. The van der Waals surface area contributed by atoms with Crippen molar-refractivity contribution in [1.29, 1.82) is 0 Å². The van der Waals surface area contributed by atoms with Crippen LogP contribution in [0.25, 0.3) is 0 Å². The lowest BCUT2D eigenvalue weighted by molar-refractivity contribution is -0.00689. The maximum absolute atomic E-state index is 12.9. The van der Waals surface area contributed by atoms with Crippen molar-refractivity contribution < 1.29 is 9.53 Å². The number of carbonyl (C=O) groups excluding carboxylic acids is 1. The first kappa shape index (κ1) is 19.3. The fourth-order valence-corrected chi connectivity index (χ4v) is 3.64. The van der Waals surface area contributed by atoms with Gasteiger partial charge in [-0.2, -0.15) is 0 Å². The highest BCUT2D eigenvalue weighted by Gasteiger charge is 2.26. The normalized spacial score (nSPS) is 16.7. The number of carbonyl (C=O) groups is 1. The lowest BCUT2D eigenvalue weighted by Gasteiger charge is -2.32. The molecular weight excluding hydrogens is 364 g/mol. The van der Waals surface area contributed by atoms with E-state index in [1.165, 1.54) is 11.1 Å². The molecule has 29 heavy (non-hydrogen) atoms. The van der Waals surface area contributed by atoms with Crippen molar-refractivity contribution in [1.82, 2.24) is 19.9 Å². The van der Waals surface area contributed by atoms with E-state index in [2.05, 4.69) is 41.5 Å². The molecule has 0 bridgehead atoms. The fourth-order valence-electron chi connectivity index (χ4n) is 3.64. The molecule has 0 unspecified atom stereocenters. The van der Waals surface area contributed by atoms with E-state index in [9.17, 15) is 4.79 Å². The smallest absolute Gasteiger partial charge is 0.276 e. The molecule has 4 rings (SSSR count). The summed E-state index contributed by atoms with van der Waals surface area (Å²) in [5.74, 6) is -0.0750. The van der Waals surface area contributed by atoms with Crippen LogP contribution in [-0.2, 0) is 17.9 Å². The summed E-state index contributed by atoms with van der Waals surface area (Å²) in [4.78, 5) is 14.7. The van der Waals surface area contributed by atoms with Crippen LogP contribution in [0.5, 0.6) is 0 Å². The van der Waals surface area contributed by atoms with Crippen LogP contribution in [0.2, 0.25) is 0 Å². The number of hydrogen-bond donors (Lipinski definition) is 0. The van der Waals surface area contributed by atoms with Crippen LogP contribution < -0.4 is 0 Å². The number of ether oxygens (including phenoxy) is 1. The second kappa shape index (κ2) is 9.01. The number of hydrogen-bond acceptors (Lipinski definition) is 4. The zero-order valence-corrected chi connectivity index (χ0v) is 16.7. The number of aryl methyl sites for hydroxylation is 1. The Balaban J connectivity index is 1.35. The summed E-state index contributed by atoms with van der Waals surface area (Å²) < 4.78 is 7.77. The molecule has 2 heterocycles. The summed E-state index contributed by atoms with van der Waals surface area (Å²) in [5, 5.41) is 8.27. The molecule has 1 aliphatic heterocycles. The highest BCUT2D eigenvalue weighted by molar-refractivity contribution is 5.92. The number of rotatable bonds is 6. The first-order valence-corrected chi connectivity index (χ1v) is 10.1. The topological polar surface area (TPSA) is 60.2 Å². The van der Waals surface area contributed by atoms with Gasteiger partial charge in [0.25, 0.3) is 5.91 Å². The number of likely N-dealkylation sites (tertiary alicyclic amines) is 1. The third-order valence-electron chi connectivity index (χ3n) is 5.35. The van der Waals surface area contributed by atoms with Gasteiger partial charge in [-0.3, -0.25) is 4.79 Å². The van der Waals surface area contributed by atoms with E-state index >= 15 is 0 Å². The Labute approximate surface area is 171 Å². The highest BCUT2D eigenvalue weighted by Crippen LogP contribution is 2.17. The summed E-state index contributed by atoms with van der Waals surface area (Å²) in [7, 11) is 0. The molecule has 1 aliphatic rings. The van der Waals surface area contributed by atoms with Crippen LogP contribution in [0.1, 0.15) is 40.0 Å². The minimum absolute atomic E-state index is 0.0509. The molecule has 150 valence electrons. The fraction of sp³-hybridized carbons (Fsp3) is 0.348. The monoisotopic (exact) mass is 390 g/mol. The Morgan fingerprint density at radius 2 is 1.93 bits per heavy atom. The molecule has 0 spiro atoms. The predicted octanol–water partition coefficient (Wildman–Crippen LogP) is 3.46. The number of nitrogens with zero attached hydrogens (tertiary/aromatic N) is 4. The summed E-state index contributed by atoms with van der Waals surface area (Å²) in [6.07, 6.45) is 3.69. The first-order chi connectivity index (χ1) is 14.2. The summed E-state index contributed by atoms with van der Waals surface area (Å²) in [6, 6.07) is 18.3. The zero-order chi connectivity index (χ0) is 20.1. The molecule has 1 aromatic heterocycles. The number of aromatic nitrogens is 3. The van der Waals surface area contributed by atoms with Gasteiger partial charge in [-0.15, -0.1) is 5.10 Å². The lowest BCUT2D eigenvalue weighted by atomic mass is 10.1. The Hall–Kier alpha value is -2.99. The molecule has 0 N–H and O–H groups in total. The van der Waals surface area contributed by atoms with Gasteiger partial charge in [0.05, 0.1) is 25.5 Å². The molecule has 6 heteroatoms. The second-order valence-corrected chi connectivity index (χ2v) is 7.54. The van der Waals surface area contributed by atoms with Crippen molar-refractivity contribution >= 4 is 5.91 Å². The average Bonchev–Trinajstić information content (AvgIpc) is 3.23. The summed E-state index contributed by atoms with van der Waals surface area (Å²) in [6.45, 7) is 4.57. The van der Waals surface area contributed by atoms with Gasteiger partial charge in [-0.25, -0.2) is 4.68 Å². The number of piperidine rings is 1. The molecule has 2 aromatic carbocycles. The Morgan fingerprint density at radius 3 is 2.76 bits per heavy atom. The van der Waals surface area contributed by atoms with Gasteiger partial charge in [0.15, 0.2) is 5.69 Å². The van der Waals surface area contributed by atoms with E-state index in [0.717, 1.165) is 24.9 Å². The van der Waals surface area contributed by atoms with Crippen LogP contribution in [0.4, 0.5) is 0 Å². The summed E-state index contributed by atoms with van der Waals surface area (Å²) >= 11 is 0. The van der Waals surface area contributed by atoms with Gasteiger partial charge >= 0.3 is 0 Å². The summed E-state index contributed by atoms with van der Waals surface area (Å²) in [5.41, 5.74) is 3.91. The molecule has 0 aliphatic carbocycles. The van der Waals surface area contributed by atoms with Crippen LogP contribution in [0.3, 0.4) is 0 Å². The van der Waals surface area contributed by atoms with E-state index in [4.69, 9.17) is 4.74 Å². The van der Waals surface area contributed by atoms with Crippen molar-refractivity contribution in [3.63, 3.8) is 0 Å². The van der Waals surface area contributed by atoms with Crippen molar-refractivity contribution in [3.8, 4) is 0 Å². The largest absolute Gasteiger partial charge is 0.372 e. The van der Waals surface area contributed by atoms with Crippen LogP contribution >= 0.6 is 0 Å². The quantitative estimate of drug-likeness (QED) is 0.647. The van der Waals surface area contributed by atoms with Gasteiger partial charge < -0.3 is 9.64 Å². The van der Waals surface area contributed by atoms with Gasteiger partial charge in [0.1, 0.15) is 0 Å². The zero-order valence-electron chi connectivity index (χ0n) is 16.7. The molecular formula is C23H26N4O2. The predicted molar refractivity (Wildman–Crippen MR) is 110 cm³/mol. The minimum atomic E-state index is -0.0750. The van der Waals surface area contributed by atoms with Gasteiger partial charge in [0.2, 0.25) is 0 Å².